The highest BCUT2D eigenvalue weighted by Crippen LogP contribution is 2.19. The van der Waals surface area contributed by atoms with Crippen LogP contribution in [0.3, 0.4) is 0 Å². The minimum absolute atomic E-state index is 0.160. The van der Waals surface area contributed by atoms with Crippen molar-refractivity contribution in [1.82, 2.24) is 5.32 Å². The van der Waals surface area contributed by atoms with Crippen molar-refractivity contribution in [2.24, 2.45) is 0 Å². The quantitative estimate of drug-likeness (QED) is 0.666. The van der Waals surface area contributed by atoms with Gasteiger partial charge in [-0.05, 0) is 18.2 Å². The fourth-order valence-electron chi connectivity index (χ4n) is 1.32. The maximum atomic E-state index is 11.4. The summed E-state index contributed by atoms with van der Waals surface area (Å²) >= 11 is 0. The minimum Gasteiger partial charge on any atom is -0.397 e. The Morgan fingerprint density at radius 3 is 2.76 bits per heavy atom. The van der Waals surface area contributed by atoms with Gasteiger partial charge in [0.25, 0.3) is 5.91 Å². The van der Waals surface area contributed by atoms with Gasteiger partial charge in [-0.1, -0.05) is 0 Å². The highest BCUT2D eigenvalue weighted by Gasteiger charge is 2.06. The average Bonchev–Trinajstić information content (AvgIpc) is 2.30. The SMILES string of the molecule is CNC(=O)c1ccc(N)c(NCCS(C)=O)c1. The maximum Gasteiger partial charge on any atom is 0.251 e. The summed E-state index contributed by atoms with van der Waals surface area (Å²) in [6, 6.07) is 5.03. The molecule has 1 atom stereocenters. The van der Waals surface area contributed by atoms with Crippen LogP contribution >= 0.6 is 0 Å². The van der Waals surface area contributed by atoms with Crippen molar-refractivity contribution in [3.05, 3.63) is 23.8 Å². The van der Waals surface area contributed by atoms with E-state index in [1.165, 1.54) is 0 Å². The Bertz CT molecular complexity index is 435. The zero-order chi connectivity index (χ0) is 12.8. The molecule has 6 heteroatoms. The van der Waals surface area contributed by atoms with Gasteiger partial charge in [0.05, 0.1) is 11.4 Å². The Morgan fingerprint density at radius 2 is 2.18 bits per heavy atom. The van der Waals surface area contributed by atoms with E-state index in [-0.39, 0.29) is 5.91 Å². The van der Waals surface area contributed by atoms with E-state index in [2.05, 4.69) is 10.6 Å². The second-order valence-electron chi connectivity index (χ2n) is 3.59. The van der Waals surface area contributed by atoms with E-state index in [9.17, 15) is 9.00 Å². The van der Waals surface area contributed by atoms with E-state index >= 15 is 0 Å². The Hall–Kier alpha value is -1.56. The number of nitrogens with one attached hydrogen (secondary N) is 2. The monoisotopic (exact) mass is 255 g/mol. The third-order valence-electron chi connectivity index (χ3n) is 2.25. The van der Waals surface area contributed by atoms with E-state index in [4.69, 9.17) is 5.73 Å². The lowest BCUT2D eigenvalue weighted by molar-refractivity contribution is 0.0963. The number of carbonyl (C=O) groups excluding carboxylic acids is 1. The molecule has 0 spiro atoms. The molecule has 0 saturated heterocycles. The molecule has 1 aromatic rings. The first kappa shape index (κ1) is 13.5. The molecular formula is C11H17N3O2S. The zero-order valence-electron chi connectivity index (χ0n) is 9.95. The summed E-state index contributed by atoms with van der Waals surface area (Å²) in [5.74, 6) is 0.385. The Labute approximate surface area is 103 Å². The van der Waals surface area contributed by atoms with Crippen LogP contribution in [0.1, 0.15) is 10.4 Å². The van der Waals surface area contributed by atoms with Crippen molar-refractivity contribution in [1.29, 1.82) is 0 Å². The molecule has 0 radical (unpaired) electrons. The summed E-state index contributed by atoms with van der Waals surface area (Å²) in [5.41, 5.74) is 7.58. The lowest BCUT2D eigenvalue weighted by atomic mass is 10.1. The number of nitrogens with two attached hydrogens (primary N) is 1. The molecule has 0 fully saturated rings. The Kier molecular flexibility index (Phi) is 4.96. The van der Waals surface area contributed by atoms with Gasteiger partial charge in [0, 0.05) is 42.0 Å². The lowest BCUT2D eigenvalue weighted by Gasteiger charge is -2.10. The number of anilines is 2. The maximum absolute atomic E-state index is 11.4. The summed E-state index contributed by atoms with van der Waals surface area (Å²) in [6.45, 7) is 0.560. The number of nitrogen functional groups attached to an aromatic ring is 1. The standard InChI is InChI=1S/C11H17N3O2S/c1-13-11(15)8-3-4-9(12)10(7-8)14-5-6-17(2)16/h3-4,7,14H,5-6,12H2,1-2H3,(H,13,15). The second-order valence-corrected chi connectivity index (χ2v) is 5.14. The molecule has 94 valence electrons. The fraction of sp³-hybridized carbons (Fsp3) is 0.364. The summed E-state index contributed by atoms with van der Waals surface area (Å²) in [4.78, 5) is 11.4. The van der Waals surface area contributed by atoms with Crippen LogP contribution in [0.15, 0.2) is 18.2 Å². The predicted molar refractivity (Wildman–Crippen MR) is 71.7 cm³/mol. The van der Waals surface area contributed by atoms with Crippen molar-refractivity contribution in [2.75, 3.05) is 36.7 Å². The lowest BCUT2D eigenvalue weighted by Crippen LogP contribution is -2.18. The van der Waals surface area contributed by atoms with Crippen LogP contribution in [0.4, 0.5) is 11.4 Å². The van der Waals surface area contributed by atoms with Gasteiger partial charge in [-0.2, -0.15) is 0 Å². The zero-order valence-corrected chi connectivity index (χ0v) is 10.8. The molecule has 5 nitrogen and oxygen atoms in total. The molecule has 1 amide bonds. The average molecular weight is 255 g/mol. The van der Waals surface area contributed by atoms with Crippen LogP contribution < -0.4 is 16.4 Å². The van der Waals surface area contributed by atoms with Gasteiger partial charge in [-0.3, -0.25) is 9.00 Å². The predicted octanol–water partition coefficient (Wildman–Crippen LogP) is 0.419. The van der Waals surface area contributed by atoms with E-state index < -0.39 is 10.8 Å². The van der Waals surface area contributed by atoms with Crippen molar-refractivity contribution >= 4 is 28.1 Å². The van der Waals surface area contributed by atoms with Gasteiger partial charge in [0.1, 0.15) is 0 Å². The Morgan fingerprint density at radius 1 is 1.47 bits per heavy atom. The molecule has 0 aliphatic rings. The molecule has 0 bridgehead atoms. The molecule has 4 N–H and O–H groups in total. The molecule has 0 heterocycles. The number of hydrogen-bond donors (Lipinski definition) is 3. The van der Waals surface area contributed by atoms with Crippen molar-refractivity contribution in [3.63, 3.8) is 0 Å². The summed E-state index contributed by atoms with van der Waals surface area (Å²) in [7, 11) is 0.731. The first-order chi connectivity index (χ1) is 8.04. The van der Waals surface area contributed by atoms with Gasteiger partial charge in [-0.15, -0.1) is 0 Å². The molecule has 1 rings (SSSR count). The number of rotatable bonds is 5. The van der Waals surface area contributed by atoms with Crippen molar-refractivity contribution in [2.45, 2.75) is 0 Å². The number of amides is 1. The number of benzene rings is 1. The number of hydrogen-bond acceptors (Lipinski definition) is 4. The first-order valence-corrected chi connectivity index (χ1v) is 6.93. The summed E-state index contributed by atoms with van der Waals surface area (Å²) in [6.07, 6.45) is 1.64. The summed E-state index contributed by atoms with van der Waals surface area (Å²) < 4.78 is 10.9. The van der Waals surface area contributed by atoms with Gasteiger partial charge < -0.3 is 16.4 Å². The highest BCUT2D eigenvalue weighted by atomic mass is 32.2. The van der Waals surface area contributed by atoms with Crippen molar-refractivity contribution in [3.8, 4) is 0 Å². The molecular weight excluding hydrogens is 238 g/mol. The summed E-state index contributed by atoms with van der Waals surface area (Å²) in [5, 5.41) is 5.61. The molecule has 1 unspecified atom stereocenters. The van der Waals surface area contributed by atoms with Crippen LogP contribution in [0, 0.1) is 0 Å². The van der Waals surface area contributed by atoms with Gasteiger partial charge in [0.15, 0.2) is 0 Å². The second kappa shape index (κ2) is 6.24. The molecule has 0 aliphatic carbocycles. The van der Waals surface area contributed by atoms with E-state index in [1.54, 1.807) is 31.5 Å². The molecule has 17 heavy (non-hydrogen) atoms. The van der Waals surface area contributed by atoms with Crippen LogP contribution in [-0.4, -0.2) is 35.7 Å². The first-order valence-electron chi connectivity index (χ1n) is 5.20. The van der Waals surface area contributed by atoms with E-state index in [1.807, 2.05) is 0 Å². The van der Waals surface area contributed by atoms with Gasteiger partial charge in [-0.25, -0.2) is 0 Å². The van der Waals surface area contributed by atoms with Crippen molar-refractivity contribution < 1.29 is 9.00 Å². The molecule has 0 aromatic heterocycles. The normalized spacial score (nSPS) is 11.9. The van der Waals surface area contributed by atoms with E-state index in [0.29, 0.717) is 29.2 Å². The van der Waals surface area contributed by atoms with Crippen LogP contribution in [0.25, 0.3) is 0 Å². The smallest absolute Gasteiger partial charge is 0.251 e. The van der Waals surface area contributed by atoms with Gasteiger partial charge in [0.2, 0.25) is 0 Å². The van der Waals surface area contributed by atoms with Crippen LogP contribution in [0.2, 0.25) is 0 Å². The largest absolute Gasteiger partial charge is 0.397 e. The third-order valence-corrected chi connectivity index (χ3v) is 3.03. The molecule has 0 aliphatic heterocycles. The fourth-order valence-corrected chi connectivity index (χ4v) is 1.71. The third kappa shape index (κ3) is 4.07. The molecule has 0 saturated carbocycles. The molecule has 1 aromatic carbocycles. The highest BCUT2D eigenvalue weighted by molar-refractivity contribution is 7.84. The van der Waals surface area contributed by atoms with Crippen LogP contribution in [-0.2, 0) is 10.8 Å². The van der Waals surface area contributed by atoms with Crippen LogP contribution in [0.5, 0.6) is 0 Å². The number of carbonyl (C=O) groups is 1. The van der Waals surface area contributed by atoms with E-state index in [0.717, 1.165) is 0 Å². The van der Waals surface area contributed by atoms with Gasteiger partial charge >= 0.3 is 0 Å². The topological polar surface area (TPSA) is 84.2 Å². The Balaban J connectivity index is 2.76. The minimum atomic E-state index is -0.844.